The molecule has 1 aromatic rings. The Morgan fingerprint density at radius 3 is 2.76 bits per heavy atom. The molecule has 2 aliphatic rings. The Labute approximate surface area is 195 Å². The van der Waals surface area contributed by atoms with E-state index in [1.165, 1.54) is 0 Å². The number of hydrogen-bond acceptors (Lipinski definition) is 6. The molecule has 3 unspecified atom stereocenters. The third-order valence-corrected chi connectivity index (χ3v) is 6.22. The number of morpholine rings is 1. The molecular formula is C20H35IN4O3S. The molecule has 1 aromatic heterocycles. The number of thiophene rings is 1. The molecule has 0 saturated carbocycles. The molecule has 0 spiro atoms. The summed E-state index contributed by atoms with van der Waals surface area (Å²) >= 11 is 1.59. The molecule has 3 rings (SSSR count). The highest BCUT2D eigenvalue weighted by atomic mass is 127. The second-order valence-corrected chi connectivity index (χ2v) is 8.48. The van der Waals surface area contributed by atoms with Gasteiger partial charge in [-0.25, -0.2) is 4.99 Å². The van der Waals surface area contributed by atoms with E-state index in [2.05, 4.69) is 27.4 Å². The summed E-state index contributed by atoms with van der Waals surface area (Å²) in [5, 5.41) is 21.5. The van der Waals surface area contributed by atoms with E-state index in [9.17, 15) is 5.11 Å². The van der Waals surface area contributed by atoms with E-state index in [0.29, 0.717) is 18.5 Å². The average Bonchev–Trinajstić information content (AvgIpc) is 3.41. The van der Waals surface area contributed by atoms with Crippen LogP contribution in [0.15, 0.2) is 21.8 Å². The quantitative estimate of drug-likeness (QED) is 0.267. The van der Waals surface area contributed by atoms with E-state index in [-0.39, 0.29) is 24.0 Å². The number of aliphatic imine (C=N–C) groups is 1. The van der Waals surface area contributed by atoms with Crippen LogP contribution in [0.1, 0.15) is 25.8 Å². The molecule has 0 radical (unpaired) electrons. The lowest BCUT2D eigenvalue weighted by Crippen LogP contribution is -2.53. The van der Waals surface area contributed by atoms with Gasteiger partial charge in [-0.05, 0) is 42.7 Å². The van der Waals surface area contributed by atoms with E-state index in [4.69, 9.17) is 9.47 Å². The Morgan fingerprint density at radius 2 is 2.14 bits per heavy atom. The van der Waals surface area contributed by atoms with Gasteiger partial charge in [0.2, 0.25) is 0 Å². The monoisotopic (exact) mass is 538 g/mol. The summed E-state index contributed by atoms with van der Waals surface area (Å²) in [7, 11) is 0. The molecule has 9 heteroatoms. The van der Waals surface area contributed by atoms with Crippen LogP contribution >= 0.6 is 35.3 Å². The fourth-order valence-electron chi connectivity index (χ4n) is 3.80. The van der Waals surface area contributed by atoms with Crippen molar-refractivity contribution in [3.63, 3.8) is 0 Å². The lowest BCUT2D eigenvalue weighted by atomic mass is 9.97. The fraction of sp³-hybridized carbons (Fsp3) is 0.750. The van der Waals surface area contributed by atoms with Gasteiger partial charge in [-0.3, -0.25) is 4.90 Å². The molecule has 3 N–H and O–H groups in total. The molecule has 3 atom stereocenters. The van der Waals surface area contributed by atoms with Crippen LogP contribution in [0, 0.1) is 5.92 Å². The molecular weight excluding hydrogens is 503 g/mol. The first kappa shape index (κ1) is 24.8. The van der Waals surface area contributed by atoms with Crippen molar-refractivity contribution in [1.82, 2.24) is 15.5 Å². The SMILES string of the molecule is CCNC(=NCC(C)(O)c1ccsc1)NCC(C1CCOC1)N1CCOCC1.I. The Kier molecular flexibility index (Phi) is 10.6. The van der Waals surface area contributed by atoms with Crippen LogP contribution in [0.2, 0.25) is 0 Å². The first-order chi connectivity index (χ1) is 13.6. The average molecular weight is 538 g/mol. The predicted octanol–water partition coefficient (Wildman–Crippen LogP) is 1.87. The number of nitrogens with zero attached hydrogens (tertiary/aromatic N) is 2. The predicted molar refractivity (Wildman–Crippen MR) is 128 cm³/mol. The Bertz CT molecular complexity index is 603. The van der Waals surface area contributed by atoms with Crippen molar-refractivity contribution in [2.45, 2.75) is 31.9 Å². The van der Waals surface area contributed by atoms with E-state index in [1.807, 2.05) is 23.8 Å². The Balaban J connectivity index is 0.00000300. The van der Waals surface area contributed by atoms with Gasteiger partial charge in [-0.2, -0.15) is 11.3 Å². The standard InChI is InChI=1S/C20H34N4O3S.HI/c1-3-21-19(23-15-20(2,25)17-5-11-28-14-17)22-12-18(16-4-8-27-13-16)24-6-9-26-10-7-24;/h5,11,14,16,18,25H,3-4,6-10,12-13,15H2,1-2H3,(H2,21,22,23);1H. The van der Waals surface area contributed by atoms with Gasteiger partial charge in [0.15, 0.2) is 5.96 Å². The molecule has 2 fully saturated rings. The number of ether oxygens (including phenoxy) is 2. The van der Waals surface area contributed by atoms with Gasteiger partial charge < -0.3 is 25.2 Å². The summed E-state index contributed by atoms with van der Waals surface area (Å²) in [6.07, 6.45) is 1.10. The van der Waals surface area contributed by atoms with Gasteiger partial charge in [0.25, 0.3) is 0 Å². The molecule has 0 amide bonds. The number of hydrogen-bond donors (Lipinski definition) is 3. The number of rotatable bonds is 8. The van der Waals surface area contributed by atoms with Crippen molar-refractivity contribution in [2.75, 3.05) is 59.2 Å². The number of halogens is 1. The summed E-state index contributed by atoms with van der Waals surface area (Å²) in [4.78, 5) is 7.17. The molecule has 3 heterocycles. The third kappa shape index (κ3) is 7.32. The normalized spacial score (nSPS) is 23.8. The second-order valence-electron chi connectivity index (χ2n) is 7.70. The molecule has 29 heavy (non-hydrogen) atoms. The highest BCUT2D eigenvalue weighted by molar-refractivity contribution is 14.0. The van der Waals surface area contributed by atoms with Crippen molar-refractivity contribution in [2.24, 2.45) is 10.9 Å². The van der Waals surface area contributed by atoms with E-state index in [0.717, 1.165) is 70.6 Å². The van der Waals surface area contributed by atoms with Crippen LogP contribution in [0.5, 0.6) is 0 Å². The number of aliphatic hydroxyl groups is 1. The van der Waals surface area contributed by atoms with Crippen LogP contribution in [0.4, 0.5) is 0 Å². The summed E-state index contributed by atoms with van der Waals surface area (Å²) in [5.74, 6) is 1.28. The zero-order valence-electron chi connectivity index (χ0n) is 17.4. The van der Waals surface area contributed by atoms with Crippen molar-refractivity contribution < 1.29 is 14.6 Å². The summed E-state index contributed by atoms with van der Waals surface area (Å²) < 4.78 is 11.2. The summed E-state index contributed by atoms with van der Waals surface area (Å²) in [6, 6.07) is 2.35. The first-order valence-corrected chi connectivity index (χ1v) is 11.2. The minimum atomic E-state index is -0.967. The Hall–Kier alpha value is -0.460. The van der Waals surface area contributed by atoms with Gasteiger partial charge in [-0.15, -0.1) is 24.0 Å². The van der Waals surface area contributed by atoms with Gasteiger partial charge in [-0.1, -0.05) is 0 Å². The smallest absolute Gasteiger partial charge is 0.191 e. The maximum absolute atomic E-state index is 10.8. The molecule has 0 aromatic carbocycles. The lowest BCUT2D eigenvalue weighted by Gasteiger charge is -2.37. The minimum Gasteiger partial charge on any atom is -0.383 e. The number of nitrogens with one attached hydrogen (secondary N) is 2. The lowest BCUT2D eigenvalue weighted by molar-refractivity contribution is 0.00245. The third-order valence-electron chi connectivity index (χ3n) is 5.53. The van der Waals surface area contributed by atoms with E-state index >= 15 is 0 Å². The summed E-state index contributed by atoms with van der Waals surface area (Å²) in [5.41, 5.74) is -0.0583. The molecule has 2 aliphatic heterocycles. The van der Waals surface area contributed by atoms with E-state index in [1.54, 1.807) is 11.3 Å². The topological polar surface area (TPSA) is 78.4 Å². The fourth-order valence-corrected chi connectivity index (χ4v) is 4.58. The van der Waals surface area contributed by atoms with Gasteiger partial charge in [0, 0.05) is 44.7 Å². The summed E-state index contributed by atoms with van der Waals surface area (Å²) in [6.45, 7) is 11.0. The molecule has 2 saturated heterocycles. The van der Waals surface area contributed by atoms with Crippen LogP contribution in [-0.4, -0.2) is 81.2 Å². The maximum atomic E-state index is 10.8. The van der Waals surface area contributed by atoms with Crippen molar-refractivity contribution in [1.29, 1.82) is 0 Å². The van der Waals surface area contributed by atoms with Crippen molar-refractivity contribution in [3.8, 4) is 0 Å². The highest BCUT2D eigenvalue weighted by Crippen LogP contribution is 2.24. The zero-order valence-corrected chi connectivity index (χ0v) is 20.6. The minimum absolute atomic E-state index is 0. The highest BCUT2D eigenvalue weighted by Gasteiger charge is 2.31. The van der Waals surface area contributed by atoms with Crippen LogP contribution in [0.3, 0.4) is 0 Å². The molecule has 7 nitrogen and oxygen atoms in total. The van der Waals surface area contributed by atoms with Gasteiger partial charge >= 0.3 is 0 Å². The van der Waals surface area contributed by atoms with Crippen LogP contribution in [-0.2, 0) is 15.1 Å². The molecule has 166 valence electrons. The maximum Gasteiger partial charge on any atom is 0.191 e. The van der Waals surface area contributed by atoms with E-state index < -0.39 is 5.60 Å². The van der Waals surface area contributed by atoms with Crippen LogP contribution < -0.4 is 10.6 Å². The van der Waals surface area contributed by atoms with Gasteiger partial charge in [0.05, 0.1) is 26.4 Å². The number of guanidine groups is 1. The van der Waals surface area contributed by atoms with Gasteiger partial charge in [0.1, 0.15) is 5.60 Å². The molecule has 0 aliphatic carbocycles. The molecule has 0 bridgehead atoms. The first-order valence-electron chi connectivity index (χ1n) is 10.3. The van der Waals surface area contributed by atoms with Crippen LogP contribution in [0.25, 0.3) is 0 Å². The van der Waals surface area contributed by atoms with Crippen molar-refractivity contribution >= 4 is 41.3 Å². The largest absolute Gasteiger partial charge is 0.383 e. The zero-order chi connectivity index (χ0) is 19.8. The van der Waals surface area contributed by atoms with Crippen molar-refractivity contribution in [3.05, 3.63) is 22.4 Å². The Morgan fingerprint density at radius 1 is 1.34 bits per heavy atom. The second kappa shape index (κ2) is 12.4.